The van der Waals surface area contributed by atoms with Gasteiger partial charge in [-0.15, -0.1) is 0 Å². The largest absolute Gasteiger partial charge is 0.497 e. The summed E-state index contributed by atoms with van der Waals surface area (Å²) in [5.41, 5.74) is 8.22. The molecule has 2 rings (SSSR count). The molecule has 2 aromatic carbocycles. The highest BCUT2D eigenvalue weighted by atomic mass is 127. The van der Waals surface area contributed by atoms with Crippen LogP contribution >= 0.6 is 34.2 Å². The molecule has 0 unspecified atom stereocenters. The number of nitrogens with two attached hydrogens (primary N) is 1. The number of benzene rings is 2. The van der Waals surface area contributed by atoms with Gasteiger partial charge in [-0.1, -0.05) is 11.6 Å². The minimum absolute atomic E-state index is 0.642. The van der Waals surface area contributed by atoms with Crippen LogP contribution in [0.15, 0.2) is 36.4 Å². The fourth-order valence-corrected chi connectivity index (χ4v) is 2.34. The Hall–Kier alpha value is -1.14. The number of nitrogens with one attached hydrogen (secondary N) is 1. The molecule has 0 heterocycles. The molecule has 5 heteroatoms. The van der Waals surface area contributed by atoms with E-state index in [9.17, 15) is 0 Å². The molecule has 0 fully saturated rings. The van der Waals surface area contributed by atoms with Crippen LogP contribution in [0, 0.1) is 3.57 Å². The van der Waals surface area contributed by atoms with Gasteiger partial charge in [0.25, 0.3) is 0 Å². The Kier molecular flexibility index (Phi) is 4.19. The Morgan fingerprint density at radius 2 is 1.94 bits per heavy atom. The second-order valence-electron chi connectivity index (χ2n) is 3.71. The highest BCUT2D eigenvalue weighted by Crippen LogP contribution is 2.31. The molecule has 0 bridgehead atoms. The maximum absolute atomic E-state index is 6.14. The third-order valence-electron chi connectivity index (χ3n) is 2.44. The SMILES string of the molecule is COc1ccc(Cl)c(Nc2ccc(N)cc2I)c1. The Bertz CT molecular complexity index is 575. The lowest BCUT2D eigenvalue weighted by Crippen LogP contribution is -1.96. The van der Waals surface area contributed by atoms with Gasteiger partial charge in [0.2, 0.25) is 0 Å². The van der Waals surface area contributed by atoms with Crippen molar-refractivity contribution in [1.82, 2.24) is 0 Å². The van der Waals surface area contributed by atoms with Gasteiger partial charge in [-0.05, 0) is 52.9 Å². The average molecular weight is 375 g/mol. The topological polar surface area (TPSA) is 47.3 Å². The number of halogens is 2. The van der Waals surface area contributed by atoms with Crippen molar-refractivity contribution in [2.24, 2.45) is 0 Å². The molecular weight excluding hydrogens is 363 g/mol. The predicted molar refractivity (Wildman–Crippen MR) is 84.9 cm³/mol. The number of rotatable bonds is 3. The van der Waals surface area contributed by atoms with E-state index in [4.69, 9.17) is 22.1 Å². The molecule has 94 valence electrons. The summed E-state index contributed by atoms with van der Waals surface area (Å²) < 4.78 is 6.21. The first-order chi connectivity index (χ1) is 8.60. The summed E-state index contributed by atoms with van der Waals surface area (Å²) in [6, 6.07) is 11.1. The van der Waals surface area contributed by atoms with Gasteiger partial charge in [0.15, 0.2) is 0 Å². The minimum atomic E-state index is 0.642. The van der Waals surface area contributed by atoms with Gasteiger partial charge in [-0.3, -0.25) is 0 Å². The van der Waals surface area contributed by atoms with Crippen LogP contribution in [0.2, 0.25) is 5.02 Å². The maximum Gasteiger partial charge on any atom is 0.121 e. The summed E-state index contributed by atoms with van der Waals surface area (Å²) in [6.45, 7) is 0. The van der Waals surface area contributed by atoms with E-state index < -0.39 is 0 Å². The van der Waals surface area contributed by atoms with Gasteiger partial charge in [0.05, 0.1) is 23.5 Å². The van der Waals surface area contributed by atoms with Crippen LogP contribution in [0.1, 0.15) is 0 Å². The van der Waals surface area contributed by atoms with E-state index in [1.165, 1.54) is 0 Å². The molecule has 0 radical (unpaired) electrons. The second-order valence-corrected chi connectivity index (χ2v) is 5.28. The van der Waals surface area contributed by atoms with E-state index in [1.807, 2.05) is 30.3 Å². The zero-order valence-electron chi connectivity index (χ0n) is 9.71. The molecule has 0 amide bonds. The van der Waals surface area contributed by atoms with E-state index in [1.54, 1.807) is 13.2 Å². The van der Waals surface area contributed by atoms with Crippen LogP contribution < -0.4 is 15.8 Å². The van der Waals surface area contributed by atoms with Crippen molar-refractivity contribution in [3.63, 3.8) is 0 Å². The Morgan fingerprint density at radius 3 is 2.61 bits per heavy atom. The summed E-state index contributed by atoms with van der Waals surface area (Å²) >= 11 is 8.37. The van der Waals surface area contributed by atoms with E-state index in [-0.39, 0.29) is 0 Å². The first-order valence-corrected chi connectivity index (χ1v) is 6.71. The van der Waals surface area contributed by atoms with E-state index >= 15 is 0 Å². The summed E-state index contributed by atoms with van der Waals surface area (Å²) in [7, 11) is 1.62. The van der Waals surface area contributed by atoms with Crippen LogP contribution in [-0.2, 0) is 0 Å². The normalized spacial score (nSPS) is 10.2. The molecule has 3 N–H and O–H groups in total. The van der Waals surface area contributed by atoms with E-state index in [0.29, 0.717) is 5.02 Å². The first-order valence-electron chi connectivity index (χ1n) is 5.26. The van der Waals surface area contributed by atoms with Crippen molar-refractivity contribution >= 4 is 51.3 Å². The van der Waals surface area contributed by atoms with Crippen molar-refractivity contribution in [3.05, 3.63) is 45.0 Å². The van der Waals surface area contributed by atoms with Gasteiger partial charge >= 0.3 is 0 Å². The number of anilines is 3. The summed E-state index contributed by atoms with van der Waals surface area (Å²) in [5, 5.41) is 3.91. The molecule has 18 heavy (non-hydrogen) atoms. The molecule has 0 atom stereocenters. The standard InChI is InChI=1S/C13H12ClIN2O/c1-18-9-3-4-10(14)13(7-9)17-12-5-2-8(16)6-11(12)15/h2-7,17H,16H2,1H3. The van der Waals surface area contributed by atoms with Gasteiger partial charge in [0.1, 0.15) is 5.75 Å². The highest BCUT2D eigenvalue weighted by molar-refractivity contribution is 14.1. The lowest BCUT2D eigenvalue weighted by Gasteiger charge is -2.12. The van der Waals surface area contributed by atoms with Crippen LogP contribution in [0.5, 0.6) is 5.75 Å². The van der Waals surface area contributed by atoms with Gasteiger partial charge in [-0.2, -0.15) is 0 Å². The number of ether oxygens (including phenoxy) is 1. The predicted octanol–water partition coefficient (Wildman–Crippen LogP) is 4.28. The van der Waals surface area contributed by atoms with Crippen LogP contribution in [-0.4, -0.2) is 7.11 Å². The van der Waals surface area contributed by atoms with Crippen molar-refractivity contribution in [3.8, 4) is 5.75 Å². The molecule has 0 saturated carbocycles. The van der Waals surface area contributed by atoms with Crippen molar-refractivity contribution < 1.29 is 4.74 Å². The molecule has 0 aromatic heterocycles. The van der Waals surface area contributed by atoms with Crippen LogP contribution in [0.4, 0.5) is 17.1 Å². The molecule has 0 spiro atoms. The smallest absolute Gasteiger partial charge is 0.121 e. The fraction of sp³-hybridized carbons (Fsp3) is 0.0769. The quantitative estimate of drug-likeness (QED) is 0.623. The molecule has 0 aliphatic rings. The second kappa shape index (κ2) is 5.67. The van der Waals surface area contributed by atoms with Gasteiger partial charge < -0.3 is 15.8 Å². The van der Waals surface area contributed by atoms with E-state index in [2.05, 4.69) is 27.9 Å². The third-order valence-corrected chi connectivity index (χ3v) is 3.66. The number of nitrogen functional groups attached to an aromatic ring is 1. The molecule has 3 nitrogen and oxygen atoms in total. The summed E-state index contributed by atoms with van der Waals surface area (Å²) in [4.78, 5) is 0. The van der Waals surface area contributed by atoms with Crippen molar-refractivity contribution in [1.29, 1.82) is 0 Å². The molecule has 0 aliphatic carbocycles. The third kappa shape index (κ3) is 3.00. The van der Waals surface area contributed by atoms with Crippen LogP contribution in [0.25, 0.3) is 0 Å². The van der Waals surface area contributed by atoms with Crippen molar-refractivity contribution in [2.45, 2.75) is 0 Å². The average Bonchev–Trinajstić information content (AvgIpc) is 2.35. The monoisotopic (exact) mass is 374 g/mol. The summed E-state index contributed by atoms with van der Waals surface area (Å²) in [6.07, 6.45) is 0. The zero-order chi connectivity index (χ0) is 13.1. The maximum atomic E-state index is 6.14. The van der Waals surface area contributed by atoms with Gasteiger partial charge in [-0.25, -0.2) is 0 Å². The van der Waals surface area contributed by atoms with Crippen molar-refractivity contribution in [2.75, 3.05) is 18.2 Å². The Labute approximate surface area is 124 Å². The van der Waals surface area contributed by atoms with E-state index in [0.717, 1.165) is 26.4 Å². The Balaban J connectivity index is 2.33. The lowest BCUT2D eigenvalue weighted by molar-refractivity contribution is 0.415. The summed E-state index contributed by atoms with van der Waals surface area (Å²) in [5.74, 6) is 0.757. The number of methoxy groups -OCH3 is 1. The first kappa shape index (κ1) is 13.3. The number of hydrogen-bond donors (Lipinski definition) is 2. The molecule has 0 saturated heterocycles. The molecule has 0 aliphatic heterocycles. The zero-order valence-corrected chi connectivity index (χ0v) is 12.6. The van der Waals surface area contributed by atoms with Gasteiger partial charge in [0, 0.05) is 15.3 Å². The lowest BCUT2D eigenvalue weighted by atomic mass is 10.2. The van der Waals surface area contributed by atoms with Crippen LogP contribution in [0.3, 0.4) is 0 Å². The Morgan fingerprint density at radius 1 is 1.17 bits per heavy atom. The molecule has 2 aromatic rings. The number of hydrogen-bond acceptors (Lipinski definition) is 3. The minimum Gasteiger partial charge on any atom is -0.497 e. The highest BCUT2D eigenvalue weighted by Gasteiger charge is 2.05. The molecular formula is C13H12ClIN2O. The fourth-order valence-electron chi connectivity index (χ4n) is 1.50.